The Hall–Kier alpha value is -3.39. The number of likely N-dealkylation sites (tertiary alicyclic amines) is 1. The summed E-state index contributed by atoms with van der Waals surface area (Å²) in [7, 11) is 0. The van der Waals surface area contributed by atoms with E-state index in [0.29, 0.717) is 40.0 Å². The van der Waals surface area contributed by atoms with Gasteiger partial charge in [-0.25, -0.2) is 13.6 Å². The van der Waals surface area contributed by atoms with E-state index in [9.17, 15) is 23.5 Å². The van der Waals surface area contributed by atoms with Crippen molar-refractivity contribution in [1.82, 2.24) is 15.4 Å². The first-order chi connectivity index (χ1) is 23.0. The Morgan fingerprint density at radius 3 is 2.49 bits per heavy atom. The van der Waals surface area contributed by atoms with Crippen molar-refractivity contribution in [3.05, 3.63) is 75.4 Å². The highest BCUT2D eigenvalue weighted by Gasteiger charge is 2.48. The lowest BCUT2D eigenvalue weighted by atomic mass is 9.74. The summed E-state index contributed by atoms with van der Waals surface area (Å²) in [6.07, 6.45) is -0.106. The van der Waals surface area contributed by atoms with Crippen molar-refractivity contribution in [2.75, 3.05) is 32.8 Å². The van der Waals surface area contributed by atoms with Gasteiger partial charge in [-0.15, -0.1) is 0 Å². The van der Waals surface area contributed by atoms with Crippen LogP contribution in [0.15, 0.2) is 57.5 Å². The first kappa shape index (κ1) is 38.4. The number of ether oxygens (including phenoxy) is 3. The molecule has 2 amide bonds. The molecule has 0 aliphatic carbocycles. The van der Waals surface area contributed by atoms with Crippen molar-refractivity contribution < 1.29 is 42.2 Å². The number of nitrogens with zero attached hydrogens (tertiary/aromatic N) is 2. The molecule has 1 saturated heterocycles. The number of nitrogens with one attached hydrogen (secondary N) is 1. The summed E-state index contributed by atoms with van der Waals surface area (Å²) in [5, 5.41) is 19.7. The number of hydrogen-bond acceptors (Lipinski definition) is 8. The molecule has 2 N–H and O–H groups in total. The molecule has 10 nitrogen and oxygen atoms in total. The topological polar surface area (TPSA) is 123 Å². The van der Waals surface area contributed by atoms with Crippen LogP contribution in [-0.2, 0) is 37.6 Å². The second-order valence-corrected chi connectivity index (χ2v) is 14.5. The summed E-state index contributed by atoms with van der Waals surface area (Å²) in [6, 6.07) is 14.5. The minimum atomic E-state index is -3.12. The molecule has 1 fully saturated rings. The van der Waals surface area contributed by atoms with Crippen LogP contribution in [-0.4, -0.2) is 77.6 Å². The fraction of sp³-hybridized carbons (Fsp3) is 0.528. The number of carbonyl (C=O) groups is 2. The third kappa shape index (κ3) is 10.3. The fourth-order valence-electron chi connectivity index (χ4n) is 5.64. The Balaban J connectivity index is 1.61. The molecular formula is C36H46BrF2N3O7. The molecule has 268 valence electrons. The summed E-state index contributed by atoms with van der Waals surface area (Å²) in [5.41, 5.74) is 1.13. The maximum atomic E-state index is 14.1. The first-order valence-electron chi connectivity index (χ1n) is 16.3. The van der Waals surface area contributed by atoms with E-state index >= 15 is 0 Å². The number of rotatable bonds is 13. The number of hydrogen-bond donors (Lipinski definition) is 2. The van der Waals surface area contributed by atoms with E-state index in [2.05, 4.69) is 26.4 Å². The van der Waals surface area contributed by atoms with Gasteiger partial charge in [0.15, 0.2) is 5.76 Å². The molecule has 4 rings (SSSR count). The Labute approximate surface area is 294 Å². The monoisotopic (exact) mass is 749 g/mol. The van der Waals surface area contributed by atoms with Gasteiger partial charge in [-0.2, -0.15) is 0 Å². The van der Waals surface area contributed by atoms with Crippen LogP contribution in [0.3, 0.4) is 0 Å². The standard InChI is InChI=1S/C36H46BrF2N3O7/c1-23(2)47-22-35(38,39)21-46-20-25-11-13-27(14-12-25)36(45)16-18-42(33(44)48-34(4,5)6)19-29(36)31-30(37)32(49-41-31)28-10-8-7-9-26(28)15-17-40-24(3)43/h7-14,23,29,45H,15-22H2,1-6H3,(H,40,43)/t29-,36+/m1/s1. The molecule has 0 radical (unpaired) electrons. The fourth-order valence-corrected chi connectivity index (χ4v) is 6.27. The zero-order valence-electron chi connectivity index (χ0n) is 28.9. The summed E-state index contributed by atoms with van der Waals surface area (Å²) < 4.78 is 50.7. The van der Waals surface area contributed by atoms with Crippen LogP contribution in [0.4, 0.5) is 13.6 Å². The molecule has 1 aromatic heterocycles. The summed E-state index contributed by atoms with van der Waals surface area (Å²) in [6.45, 7) is 9.40. The maximum Gasteiger partial charge on any atom is 0.410 e. The van der Waals surface area contributed by atoms with E-state index in [1.807, 2.05) is 24.3 Å². The Kier molecular flexibility index (Phi) is 12.6. The van der Waals surface area contributed by atoms with E-state index in [1.165, 1.54) is 6.92 Å². The number of aliphatic hydroxyl groups is 1. The Bertz CT molecular complexity index is 1580. The van der Waals surface area contributed by atoms with Crippen LogP contribution in [0.5, 0.6) is 0 Å². The molecule has 0 unspecified atom stereocenters. The van der Waals surface area contributed by atoms with Crippen LogP contribution in [0.2, 0.25) is 0 Å². The lowest BCUT2D eigenvalue weighted by molar-refractivity contribution is -0.135. The van der Waals surface area contributed by atoms with Crippen molar-refractivity contribution in [1.29, 1.82) is 0 Å². The molecular weight excluding hydrogens is 704 g/mol. The van der Waals surface area contributed by atoms with Crippen molar-refractivity contribution in [3.63, 3.8) is 0 Å². The van der Waals surface area contributed by atoms with Crippen LogP contribution >= 0.6 is 15.9 Å². The van der Waals surface area contributed by atoms with Crippen molar-refractivity contribution in [2.24, 2.45) is 0 Å². The summed E-state index contributed by atoms with van der Waals surface area (Å²) >= 11 is 3.70. The highest BCUT2D eigenvalue weighted by molar-refractivity contribution is 9.10. The quantitative estimate of drug-likeness (QED) is 0.192. The van der Waals surface area contributed by atoms with Gasteiger partial charge in [-0.3, -0.25) is 4.79 Å². The lowest BCUT2D eigenvalue weighted by Gasteiger charge is -2.44. The number of benzene rings is 2. The number of amides is 2. The molecule has 2 heterocycles. The van der Waals surface area contributed by atoms with Gasteiger partial charge < -0.3 is 34.1 Å². The highest BCUT2D eigenvalue weighted by Crippen LogP contribution is 2.47. The molecule has 2 aromatic carbocycles. The molecule has 1 aliphatic heterocycles. The van der Waals surface area contributed by atoms with Gasteiger partial charge in [0.05, 0.1) is 23.1 Å². The molecule has 13 heteroatoms. The van der Waals surface area contributed by atoms with Gasteiger partial charge in [0.25, 0.3) is 5.92 Å². The Morgan fingerprint density at radius 1 is 1.14 bits per heavy atom. The first-order valence-corrected chi connectivity index (χ1v) is 17.1. The third-order valence-corrected chi connectivity index (χ3v) is 8.84. The summed E-state index contributed by atoms with van der Waals surface area (Å²) in [5.74, 6) is -3.53. The number of halogens is 3. The second-order valence-electron chi connectivity index (χ2n) is 13.7. The number of piperidine rings is 1. The normalized spacial score (nSPS) is 18.5. The molecule has 1 aliphatic rings. The molecule has 3 aromatic rings. The van der Waals surface area contributed by atoms with Gasteiger partial charge in [0.1, 0.15) is 30.1 Å². The zero-order valence-corrected chi connectivity index (χ0v) is 30.4. The minimum absolute atomic E-state index is 0.0502. The zero-order chi connectivity index (χ0) is 36.0. The van der Waals surface area contributed by atoms with E-state index in [-0.39, 0.29) is 38.1 Å². The predicted molar refractivity (Wildman–Crippen MR) is 183 cm³/mol. The maximum absolute atomic E-state index is 14.1. The predicted octanol–water partition coefficient (Wildman–Crippen LogP) is 6.97. The van der Waals surface area contributed by atoms with E-state index in [1.54, 1.807) is 63.8 Å². The Morgan fingerprint density at radius 2 is 1.84 bits per heavy atom. The van der Waals surface area contributed by atoms with Crippen LogP contribution in [0.25, 0.3) is 11.3 Å². The van der Waals surface area contributed by atoms with E-state index < -0.39 is 42.3 Å². The molecule has 0 saturated carbocycles. The second kappa shape index (κ2) is 16.1. The van der Waals surface area contributed by atoms with Gasteiger partial charge in [0, 0.05) is 32.1 Å². The average molecular weight is 751 g/mol. The van der Waals surface area contributed by atoms with Gasteiger partial charge in [-0.05, 0) is 80.1 Å². The lowest BCUT2D eigenvalue weighted by Crippen LogP contribution is -2.51. The van der Waals surface area contributed by atoms with Crippen molar-refractivity contribution in [3.8, 4) is 11.3 Å². The highest BCUT2D eigenvalue weighted by atomic mass is 79.9. The molecule has 49 heavy (non-hydrogen) atoms. The number of carbonyl (C=O) groups excluding carboxylic acids is 2. The average Bonchev–Trinajstić information content (AvgIpc) is 3.40. The molecule has 2 atom stereocenters. The molecule has 0 spiro atoms. The van der Waals surface area contributed by atoms with Gasteiger partial charge >= 0.3 is 6.09 Å². The van der Waals surface area contributed by atoms with Crippen LogP contribution < -0.4 is 5.32 Å². The van der Waals surface area contributed by atoms with Gasteiger partial charge in [0.2, 0.25) is 5.91 Å². The van der Waals surface area contributed by atoms with Crippen LogP contribution in [0, 0.1) is 0 Å². The van der Waals surface area contributed by atoms with Crippen molar-refractivity contribution >= 4 is 27.9 Å². The van der Waals surface area contributed by atoms with Crippen LogP contribution in [0.1, 0.15) is 76.3 Å². The summed E-state index contributed by atoms with van der Waals surface area (Å²) in [4.78, 5) is 26.2. The minimum Gasteiger partial charge on any atom is -0.444 e. The van der Waals surface area contributed by atoms with E-state index in [4.69, 9.17) is 18.7 Å². The smallest absolute Gasteiger partial charge is 0.410 e. The molecule has 0 bridgehead atoms. The van der Waals surface area contributed by atoms with Crippen molar-refractivity contribution in [2.45, 2.75) is 90.1 Å². The number of aromatic nitrogens is 1. The number of alkyl halides is 2. The largest absolute Gasteiger partial charge is 0.444 e. The third-order valence-electron chi connectivity index (χ3n) is 8.08. The van der Waals surface area contributed by atoms with Gasteiger partial charge in [-0.1, -0.05) is 53.7 Å². The van der Waals surface area contributed by atoms with E-state index in [0.717, 1.165) is 11.1 Å². The SMILES string of the molecule is CC(=O)NCCc1ccccc1-c1onc([C@H]2CN(C(=O)OC(C)(C)C)CC[C@]2(O)c2ccc(COCC(F)(F)COC(C)C)cc2)c1Br.